The fourth-order valence-corrected chi connectivity index (χ4v) is 3.90. The van der Waals surface area contributed by atoms with Crippen molar-refractivity contribution >= 4 is 23.5 Å². The number of carbonyl (C=O) groups excluding carboxylic acids is 2. The van der Waals surface area contributed by atoms with Gasteiger partial charge in [0.1, 0.15) is 11.9 Å². The molecule has 0 unspecified atom stereocenters. The van der Waals surface area contributed by atoms with Crippen LogP contribution in [0, 0.1) is 11.8 Å². The van der Waals surface area contributed by atoms with Crippen molar-refractivity contribution in [3.8, 4) is 0 Å². The summed E-state index contributed by atoms with van der Waals surface area (Å²) in [5.41, 5.74) is 1.61. The summed E-state index contributed by atoms with van der Waals surface area (Å²) in [5.74, 6) is -0.623. The van der Waals surface area contributed by atoms with Gasteiger partial charge in [0.2, 0.25) is 0 Å². The lowest BCUT2D eigenvalue weighted by molar-refractivity contribution is -0.139. The van der Waals surface area contributed by atoms with Crippen LogP contribution in [0.4, 0.5) is 0 Å². The Morgan fingerprint density at radius 2 is 2.14 bits per heavy atom. The first kappa shape index (κ1) is 20.4. The number of allylic oxidation sites excluding steroid dienone is 3. The van der Waals surface area contributed by atoms with E-state index in [2.05, 4.69) is 6.58 Å². The zero-order valence-corrected chi connectivity index (χ0v) is 16.6. The summed E-state index contributed by atoms with van der Waals surface area (Å²) in [6.07, 6.45) is 3.49. The van der Waals surface area contributed by atoms with Gasteiger partial charge in [-0.1, -0.05) is 37.2 Å². The van der Waals surface area contributed by atoms with E-state index >= 15 is 0 Å². The van der Waals surface area contributed by atoms with Crippen LogP contribution in [-0.2, 0) is 14.3 Å². The number of ether oxygens (including phenoxy) is 2. The van der Waals surface area contributed by atoms with Crippen molar-refractivity contribution in [2.24, 2.45) is 11.8 Å². The molecule has 1 saturated carbocycles. The van der Waals surface area contributed by atoms with Gasteiger partial charge < -0.3 is 14.6 Å². The van der Waals surface area contributed by atoms with Crippen molar-refractivity contribution in [3.05, 3.63) is 70.5 Å². The van der Waals surface area contributed by atoms with E-state index < -0.39 is 12.1 Å². The maximum atomic E-state index is 12.2. The number of rotatable bonds is 3. The lowest BCUT2D eigenvalue weighted by Gasteiger charge is -2.18. The van der Waals surface area contributed by atoms with Gasteiger partial charge in [-0.2, -0.15) is 0 Å². The Bertz CT molecular complexity index is 869. The van der Waals surface area contributed by atoms with Gasteiger partial charge in [-0.3, -0.25) is 0 Å². The molecule has 1 aliphatic carbocycles. The van der Waals surface area contributed by atoms with Gasteiger partial charge in [0, 0.05) is 16.5 Å². The number of hydrogen-bond acceptors (Lipinski definition) is 5. The molecule has 148 valence electrons. The number of fused-ring (bicyclic) bond motifs is 1. The first-order valence-electron chi connectivity index (χ1n) is 9.20. The molecule has 0 aromatic heterocycles. The number of hydrogen-bond donors (Lipinski definition) is 1. The van der Waals surface area contributed by atoms with Crippen molar-refractivity contribution in [2.75, 3.05) is 0 Å². The van der Waals surface area contributed by atoms with Crippen LogP contribution < -0.4 is 0 Å². The van der Waals surface area contributed by atoms with Crippen molar-refractivity contribution in [1.29, 1.82) is 0 Å². The molecule has 1 N–H and O–H groups in total. The Kier molecular flexibility index (Phi) is 6.06. The molecule has 2 fully saturated rings. The predicted octanol–water partition coefficient (Wildman–Crippen LogP) is 4.22. The second-order valence-corrected chi connectivity index (χ2v) is 7.74. The molecule has 1 aliphatic heterocycles. The minimum absolute atomic E-state index is 0.0105. The fraction of sp³-hybridized carbons (Fsp3) is 0.364. The first-order chi connectivity index (χ1) is 13.3. The maximum Gasteiger partial charge on any atom is 0.343 e. The second kappa shape index (κ2) is 8.33. The van der Waals surface area contributed by atoms with Crippen molar-refractivity contribution in [3.63, 3.8) is 0 Å². The number of esters is 2. The van der Waals surface area contributed by atoms with Crippen LogP contribution in [0.1, 0.15) is 37.0 Å². The molecule has 0 spiro atoms. The lowest BCUT2D eigenvalue weighted by Crippen LogP contribution is -2.18. The van der Waals surface area contributed by atoms with E-state index in [1.165, 1.54) is 0 Å². The summed E-state index contributed by atoms with van der Waals surface area (Å²) >= 11 is 5.90. The van der Waals surface area contributed by atoms with Gasteiger partial charge in [0.05, 0.1) is 11.7 Å². The third-order valence-electron chi connectivity index (χ3n) is 5.26. The molecule has 28 heavy (non-hydrogen) atoms. The van der Waals surface area contributed by atoms with Gasteiger partial charge in [-0.05, 0) is 55.5 Å². The van der Waals surface area contributed by atoms with Crippen molar-refractivity contribution in [1.82, 2.24) is 0 Å². The van der Waals surface area contributed by atoms with Crippen molar-refractivity contribution in [2.45, 2.75) is 38.9 Å². The predicted molar refractivity (Wildman–Crippen MR) is 106 cm³/mol. The molecular formula is C22H23ClO5. The summed E-state index contributed by atoms with van der Waals surface area (Å²) in [6.45, 7) is 7.46. The summed E-state index contributed by atoms with van der Waals surface area (Å²) < 4.78 is 10.7. The Labute approximate surface area is 169 Å². The molecule has 0 bridgehead atoms. The Morgan fingerprint density at radius 1 is 1.39 bits per heavy atom. The van der Waals surface area contributed by atoms with Crippen LogP contribution in [0.25, 0.3) is 0 Å². The first-order valence-corrected chi connectivity index (χ1v) is 9.58. The summed E-state index contributed by atoms with van der Waals surface area (Å²) in [6, 6.07) is 6.53. The normalized spacial score (nSPS) is 29.3. The summed E-state index contributed by atoms with van der Waals surface area (Å²) in [7, 11) is 0. The van der Waals surface area contributed by atoms with Gasteiger partial charge >= 0.3 is 11.9 Å². The molecule has 4 atom stereocenters. The van der Waals surface area contributed by atoms with Gasteiger partial charge in [-0.15, -0.1) is 0 Å². The monoisotopic (exact) mass is 402 g/mol. The van der Waals surface area contributed by atoms with Gasteiger partial charge in [0.25, 0.3) is 0 Å². The highest BCUT2D eigenvalue weighted by Gasteiger charge is 2.43. The molecule has 0 amide bonds. The SMILES string of the molecule is C=C1C(=O)O[C@@H]2C[C@H](C)/C(=C/C=C(/C)OC(=O)c3cccc(Cl)c3)[C@H](O)C[C@H]12. The van der Waals surface area contributed by atoms with E-state index in [9.17, 15) is 14.7 Å². The van der Waals surface area contributed by atoms with E-state index in [4.69, 9.17) is 21.1 Å². The molecule has 1 aromatic rings. The van der Waals surface area contributed by atoms with E-state index in [1.54, 1.807) is 43.3 Å². The molecular weight excluding hydrogens is 380 g/mol. The smallest absolute Gasteiger partial charge is 0.343 e. The third-order valence-corrected chi connectivity index (χ3v) is 5.49. The molecule has 3 rings (SSSR count). The number of halogens is 1. The number of aliphatic hydroxyl groups is 1. The van der Waals surface area contributed by atoms with Crippen LogP contribution in [0.2, 0.25) is 5.02 Å². The average Bonchev–Trinajstić information content (AvgIpc) is 2.82. The summed E-state index contributed by atoms with van der Waals surface area (Å²) in [5, 5.41) is 11.1. The Morgan fingerprint density at radius 3 is 2.86 bits per heavy atom. The van der Waals surface area contributed by atoms with Crippen LogP contribution in [-0.4, -0.2) is 29.3 Å². The molecule has 1 heterocycles. The number of aliphatic hydroxyl groups excluding tert-OH is 1. The Balaban J connectivity index is 1.72. The molecule has 0 radical (unpaired) electrons. The largest absolute Gasteiger partial charge is 0.458 e. The van der Waals surface area contributed by atoms with E-state index in [0.29, 0.717) is 34.8 Å². The molecule has 6 heteroatoms. The highest BCUT2D eigenvalue weighted by molar-refractivity contribution is 6.30. The summed E-state index contributed by atoms with van der Waals surface area (Å²) in [4.78, 5) is 23.9. The molecule has 5 nitrogen and oxygen atoms in total. The molecule has 1 aromatic carbocycles. The van der Waals surface area contributed by atoms with Crippen LogP contribution in [0.3, 0.4) is 0 Å². The topological polar surface area (TPSA) is 72.8 Å². The lowest BCUT2D eigenvalue weighted by atomic mass is 9.91. The van der Waals surface area contributed by atoms with Crippen molar-refractivity contribution < 1.29 is 24.2 Å². The van der Waals surface area contributed by atoms with Crippen LogP contribution in [0.5, 0.6) is 0 Å². The number of benzene rings is 1. The molecule has 2 aliphatic rings. The maximum absolute atomic E-state index is 12.2. The quantitative estimate of drug-likeness (QED) is 0.465. The fourth-order valence-electron chi connectivity index (χ4n) is 3.71. The third kappa shape index (κ3) is 4.37. The highest BCUT2D eigenvalue weighted by atomic mass is 35.5. The Hall–Kier alpha value is -2.37. The van der Waals surface area contributed by atoms with Gasteiger partial charge in [-0.25, -0.2) is 9.59 Å². The second-order valence-electron chi connectivity index (χ2n) is 7.31. The standard InChI is InChI=1S/C22H23ClO5/c1-12-9-20-18(14(3)21(25)28-20)11-19(24)17(12)8-7-13(2)27-22(26)15-5-4-6-16(23)10-15/h4-8,10,12,18-20,24H,3,9,11H2,1-2H3/b13-7-,17-8-/t12-,18+,19+,20+/m0/s1. The van der Waals surface area contributed by atoms with E-state index in [1.807, 2.05) is 6.92 Å². The average molecular weight is 403 g/mol. The van der Waals surface area contributed by atoms with Crippen LogP contribution >= 0.6 is 11.6 Å². The molecule has 1 saturated heterocycles. The van der Waals surface area contributed by atoms with E-state index in [-0.39, 0.29) is 23.9 Å². The minimum atomic E-state index is -0.719. The zero-order chi connectivity index (χ0) is 20.4. The minimum Gasteiger partial charge on any atom is -0.458 e. The van der Waals surface area contributed by atoms with Gasteiger partial charge in [0.15, 0.2) is 0 Å². The number of carbonyl (C=O) groups is 2. The van der Waals surface area contributed by atoms with Crippen LogP contribution in [0.15, 0.2) is 59.9 Å². The van der Waals surface area contributed by atoms with E-state index in [0.717, 1.165) is 5.57 Å². The zero-order valence-electron chi connectivity index (χ0n) is 15.9. The highest BCUT2D eigenvalue weighted by Crippen LogP contribution is 2.40.